The summed E-state index contributed by atoms with van der Waals surface area (Å²) in [6.07, 6.45) is 0. The minimum atomic E-state index is -0.658. The number of nitrogens with one attached hydrogen (secondary N) is 1. The monoisotopic (exact) mass is 382 g/mol. The van der Waals surface area contributed by atoms with Gasteiger partial charge in [-0.05, 0) is 55.2 Å². The molecule has 28 heavy (non-hydrogen) atoms. The van der Waals surface area contributed by atoms with Gasteiger partial charge in [0.05, 0.1) is 0 Å². The Morgan fingerprint density at radius 1 is 0.964 bits per heavy atom. The molecule has 0 saturated heterocycles. The summed E-state index contributed by atoms with van der Waals surface area (Å²) in [5, 5.41) is 2.51. The first-order valence-electron chi connectivity index (χ1n) is 9.07. The Morgan fingerprint density at radius 3 is 2.36 bits per heavy atom. The van der Waals surface area contributed by atoms with Crippen LogP contribution in [0.25, 0.3) is 0 Å². The van der Waals surface area contributed by atoms with E-state index in [1.165, 1.54) is 4.90 Å². The van der Waals surface area contributed by atoms with Crippen molar-refractivity contribution in [3.8, 4) is 0 Å². The van der Waals surface area contributed by atoms with E-state index >= 15 is 0 Å². The Labute approximate surface area is 165 Å². The number of carbonyl (C=O) groups is 3. The molecule has 0 spiro atoms. The molecule has 1 N–H and O–H groups in total. The summed E-state index contributed by atoms with van der Waals surface area (Å²) in [7, 11) is 1.66. The van der Waals surface area contributed by atoms with Crippen LogP contribution in [0, 0.1) is 20.8 Å². The topological polar surface area (TPSA) is 75.7 Å². The molecule has 0 bridgehead atoms. The van der Waals surface area contributed by atoms with E-state index in [4.69, 9.17) is 4.74 Å². The summed E-state index contributed by atoms with van der Waals surface area (Å²) in [4.78, 5) is 37.6. The van der Waals surface area contributed by atoms with E-state index in [1.807, 2.05) is 51.1 Å². The van der Waals surface area contributed by atoms with Crippen molar-refractivity contribution in [1.29, 1.82) is 0 Å². The van der Waals surface area contributed by atoms with Crippen LogP contribution in [0.4, 0.5) is 0 Å². The number of rotatable bonds is 7. The third-order valence-electron chi connectivity index (χ3n) is 4.61. The molecule has 2 amide bonds. The first kappa shape index (κ1) is 21.2. The summed E-state index contributed by atoms with van der Waals surface area (Å²) in [6, 6.07) is 13.1. The van der Waals surface area contributed by atoms with Gasteiger partial charge in [-0.15, -0.1) is 0 Å². The molecule has 6 nitrogen and oxygen atoms in total. The molecule has 0 unspecified atom stereocenters. The lowest BCUT2D eigenvalue weighted by molar-refractivity contribution is -0.150. The number of hydrogen-bond donors (Lipinski definition) is 1. The number of ether oxygens (including phenoxy) is 1. The number of amides is 2. The van der Waals surface area contributed by atoms with Crippen molar-refractivity contribution >= 4 is 17.8 Å². The number of likely N-dealkylation sites (N-methyl/N-ethyl adjacent to an activating group) is 1. The summed E-state index contributed by atoms with van der Waals surface area (Å²) in [5.41, 5.74) is 4.69. The van der Waals surface area contributed by atoms with Crippen LogP contribution in [0.1, 0.15) is 32.6 Å². The average Bonchev–Trinajstić information content (AvgIpc) is 2.67. The van der Waals surface area contributed by atoms with E-state index in [1.54, 1.807) is 19.2 Å². The smallest absolute Gasteiger partial charge is 0.325 e. The van der Waals surface area contributed by atoms with Crippen molar-refractivity contribution in [1.82, 2.24) is 10.2 Å². The average molecular weight is 382 g/mol. The molecule has 0 heterocycles. The summed E-state index contributed by atoms with van der Waals surface area (Å²) in [6.45, 7) is 5.64. The number of esters is 1. The molecule has 0 radical (unpaired) electrons. The lowest BCUT2D eigenvalue weighted by Gasteiger charge is -2.18. The molecule has 2 rings (SSSR count). The normalized spacial score (nSPS) is 10.3. The van der Waals surface area contributed by atoms with Crippen molar-refractivity contribution in [3.63, 3.8) is 0 Å². The SMILES string of the molecule is Cc1ccc(C(=O)NCC(=O)OCC(=O)N(C)Cc2ccccc2C)cc1C. The van der Waals surface area contributed by atoms with Gasteiger partial charge in [0, 0.05) is 19.2 Å². The predicted octanol–water partition coefficient (Wildman–Crippen LogP) is 2.54. The van der Waals surface area contributed by atoms with E-state index < -0.39 is 5.97 Å². The van der Waals surface area contributed by atoms with Gasteiger partial charge in [-0.2, -0.15) is 0 Å². The Morgan fingerprint density at radius 2 is 1.68 bits per heavy atom. The first-order chi connectivity index (χ1) is 13.3. The largest absolute Gasteiger partial charge is 0.454 e. The second kappa shape index (κ2) is 9.69. The Kier molecular flexibility index (Phi) is 7.32. The number of hydrogen-bond acceptors (Lipinski definition) is 4. The number of nitrogens with zero attached hydrogens (tertiary/aromatic N) is 1. The number of aryl methyl sites for hydroxylation is 3. The zero-order valence-electron chi connectivity index (χ0n) is 16.7. The molecule has 0 aliphatic rings. The Bertz CT molecular complexity index is 877. The second-order valence-electron chi connectivity index (χ2n) is 6.82. The van der Waals surface area contributed by atoms with Crippen LogP contribution in [0.15, 0.2) is 42.5 Å². The zero-order valence-corrected chi connectivity index (χ0v) is 16.7. The van der Waals surface area contributed by atoms with Crippen molar-refractivity contribution in [2.75, 3.05) is 20.2 Å². The highest BCUT2D eigenvalue weighted by Crippen LogP contribution is 2.10. The molecule has 0 aliphatic heterocycles. The molecule has 2 aromatic rings. The van der Waals surface area contributed by atoms with E-state index in [0.29, 0.717) is 12.1 Å². The van der Waals surface area contributed by atoms with E-state index in [9.17, 15) is 14.4 Å². The summed E-state index contributed by atoms with van der Waals surface area (Å²) in [5.74, 6) is -1.32. The van der Waals surface area contributed by atoms with E-state index in [-0.39, 0.29) is 25.0 Å². The molecule has 6 heteroatoms. The van der Waals surface area contributed by atoms with Gasteiger partial charge in [0.15, 0.2) is 6.61 Å². The van der Waals surface area contributed by atoms with E-state index in [2.05, 4.69) is 5.32 Å². The highest BCUT2D eigenvalue weighted by Gasteiger charge is 2.14. The van der Waals surface area contributed by atoms with E-state index in [0.717, 1.165) is 22.3 Å². The predicted molar refractivity (Wildman–Crippen MR) is 107 cm³/mol. The van der Waals surface area contributed by atoms with Gasteiger partial charge < -0.3 is 15.0 Å². The van der Waals surface area contributed by atoms with Crippen molar-refractivity contribution in [3.05, 3.63) is 70.3 Å². The van der Waals surface area contributed by atoms with Gasteiger partial charge in [-0.1, -0.05) is 30.3 Å². The van der Waals surface area contributed by atoms with Crippen LogP contribution in [-0.4, -0.2) is 42.9 Å². The van der Waals surface area contributed by atoms with Crippen LogP contribution < -0.4 is 5.32 Å². The van der Waals surface area contributed by atoms with Gasteiger partial charge in [0.2, 0.25) is 0 Å². The quantitative estimate of drug-likeness (QED) is 0.747. The van der Waals surface area contributed by atoms with Crippen molar-refractivity contribution in [2.24, 2.45) is 0 Å². The molecular weight excluding hydrogens is 356 g/mol. The number of benzene rings is 2. The van der Waals surface area contributed by atoms with Gasteiger partial charge in [-0.3, -0.25) is 14.4 Å². The molecule has 0 atom stereocenters. The van der Waals surface area contributed by atoms with Gasteiger partial charge >= 0.3 is 5.97 Å². The standard InChI is InChI=1S/C22H26N2O4/c1-15-9-10-18(11-17(15)3)22(27)23-12-21(26)28-14-20(25)24(4)13-19-8-6-5-7-16(19)2/h5-11H,12-14H2,1-4H3,(H,23,27). The third-order valence-corrected chi connectivity index (χ3v) is 4.61. The Balaban J connectivity index is 1.76. The molecular formula is C22H26N2O4. The molecule has 0 aromatic heterocycles. The van der Waals surface area contributed by atoms with Crippen LogP contribution in [0.2, 0.25) is 0 Å². The summed E-state index contributed by atoms with van der Waals surface area (Å²) >= 11 is 0. The van der Waals surface area contributed by atoms with Crippen LogP contribution in [0.3, 0.4) is 0 Å². The molecule has 0 saturated carbocycles. The fourth-order valence-corrected chi connectivity index (χ4v) is 2.57. The Hall–Kier alpha value is -3.15. The van der Waals surface area contributed by atoms with Crippen LogP contribution in [0.5, 0.6) is 0 Å². The van der Waals surface area contributed by atoms with Crippen LogP contribution >= 0.6 is 0 Å². The zero-order chi connectivity index (χ0) is 20.7. The maximum atomic E-state index is 12.2. The second-order valence-corrected chi connectivity index (χ2v) is 6.82. The highest BCUT2D eigenvalue weighted by molar-refractivity contribution is 5.96. The van der Waals surface area contributed by atoms with Gasteiger partial charge in [-0.25, -0.2) is 0 Å². The lowest BCUT2D eigenvalue weighted by atomic mass is 10.1. The van der Waals surface area contributed by atoms with Crippen molar-refractivity contribution < 1.29 is 19.1 Å². The maximum absolute atomic E-state index is 12.2. The maximum Gasteiger partial charge on any atom is 0.325 e. The fourth-order valence-electron chi connectivity index (χ4n) is 2.57. The van der Waals surface area contributed by atoms with Gasteiger partial charge in [0.1, 0.15) is 6.54 Å². The third kappa shape index (κ3) is 5.94. The summed E-state index contributed by atoms with van der Waals surface area (Å²) < 4.78 is 4.98. The van der Waals surface area contributed by atoms with Crippen molar-refractivity contribution in [2.45, 2.75) is 27.3 Å². The molecule has 0 aliphatic carbocycles. The molecule has 0 fully saturated rings. The highest BCUT2D eigenvalue weighted by atomic mass is 16.5. The number of carbonyl (C=O) groups excluding carboxylic acids is 3. The molecule has 148 valence electrons. The lowest BCUT2D eigenvalue weighted by Crippen LogP contribution is -2.34. The van der Waals surface area contributed by atoms with Gasteiger partial charge in [0.25, 0.3) is 11.8 Å². The minimum absolute atomic E-state index is 0.291. The van der Waals surface area contributed by atoms with Crippen LogP contribution in [-0.2, 0) is 20.9 Å². The molecule has 2 aromatic carbocycles. The minimum Gasteiger partial charge on any atom is -0.454 e. The first-order valence-corrected chi connectivity index (χ1v) is 9.07. The fraction of sp³-hybridized carbons (Fsp3) is 0.318.